The van der Waals surface area contributed by atoms with Crippen molar-refractivity contribution in [2.45, 2.75) is 63.7 Å². The second-order valence-corrected chi connectivity index (χ2v) is 7.63. The van der Waals surface area contributed by atoms with Crippen LogP contribution in [-0.4, -0.2) is 37.4 Å². The zero-order chi connectivity index (χ0) is 16.4. The predicted molar refractivity (Wildman–Crippen MR) is 89.7 cm³/mol. The van der Waals surface area contributed by atoms with Gasteiger partial charge in [-0.25, -0.2) is 0 Å². The van der Waals surface area contributed by atoms with Crippen molar-refractivity contribution in [3.63, 3.8) is 0 Å². The molecule has 1 aromatic carbocycles. The fourth-order valence-corrected chi connectivity index (χ4v) is 3.39. The number of benzene rings is 1. The number of fused-ring (bicyclic) bond motifs is 1. The molecule has 4 nitrogen and oxygen atoms in total. The minimum Gasteiger partial charge on any atom is -0.373 e. The number of carbonyl (C=O) groups is 1. The van der Waals surface area contributed by atoms with Crippen LogP contribution in [0.3, 0.4) is 0 Å². The molecule has 0 bridgehead atoms. The molecule has 1 N–H and O–H groups in total. The number of rotatable bonds is 2. The molecular formula is C19H27NO3. The summed E-state index contributed by atoms with van der Waals surface area (Å²) in [4.78, 5) is 12.5. The van der Waals surface area contributed by atoms with E-state index < -0.39 is 0 Å². The molecule has 23 heavy (non-hydrogen) atoms. The van der Waals surface area contributed by atoms with Crippen molar-refractivity contribution in [2.24, 2.45) is 0 Å². The molecule has 0 aromatic heterocycles. The van der Waals surface area contributed by atoms with E-state index in [1.807, 2.05) is 24.3 Å². The van der Waals surface area contributed by atoms with Crippen LogP contribution in [0, 0.1) is 0 Å². The largest absolute Gasteiger partial charge is 0.373 e. The lowest BCUT2D eigenvalue weighted by Gasteiger charge is -2.39. The Kier molecular flexibility index (Phi) is 4.74. The lowest BCUT2D eigenvalue weighted by molar-refractivity contribution is -0.157. The fraction of sp³-hybridized carbons (Fsp3) is 0.632. The van der Waals surface area contributed by atoms with Crippen LogP contribution < -0.4 is 5.32 Å². The Hall–Kier alpha value is -1.39. The van der Waals surface area contributed by atoms with Crippen LogP contribution in [0.5, 0.6) is 0 Å². The van der Waals surface area contributed by atoms with E-state index in [0.717, 1.165) is 24.8 Å². The van der Waals surface area contributed by atoms with Crippen LogP contribution in [0.15, 0.2) is 24.3 Å². The lowest BCUT2D eigenvalue weighted by atomic mass is 9.86. The number of hydrogen-bond donors (Lipinski definition) is 1. The molecule has 2 aliphatic rings. The number of carbonyl (C=O) groups excluding carboxylic acids is 1. The summed E-state index contributed by atoms with van der Waals surface area (Å²) in [6.45, 7) is 7.88. The Morgan fingerprint density at radius 3 is 2.35 bits per heavy atom. The van der Waals surface area contributed by atoms with E-state index >= 15 is 0 Å². The molecule has 2 fully saturated rings. The maximum absolute atomic E-state index is 12.5. The van der Waals surface area contributed by atoms with Gasteiger partial charge >= 0.3 is 0 Å². The SMILES string of the molecule is CC(C)(C)c1ccc(C(=O)NC2CCC3OCCOC3C2)cc1. The molecule has 0 spiro atoms. The van der Waals surface area contributed by atoms with Crippen LogP contribution in [0.1, 0.15) is 56.0 Å². The number of ether oxygens (including phenoxy) is 2. The van der Waals surface area contributed by atoms with Crippen molar-refractivity contribution in [3.05, 3.63) is 35.4 Å². The van der Waals surface area contributed by atoms with Gasteiger partial charge in [-0.15, -0.1) is 0 Å². The second kappa shape index (κ2) is 6.62. The number of nitrogens with one attached hydrogen (secondary N) is 1. The Morgan fingerprint density at radius 2 is 1.70 bits per heavy atom. The van der Waals surface area contributed by atoms with E-state index in [0.29, 0.717) is 13.2 Å². The third-order valence-electron chi connectivity index (χ3n) is 4.83. The van der Waals surface area contributed by atoms with Crippen molar-refractivity contribution >= 4 is 5.91 Å². The van der Waals surface area contributed by atoms with Gasteiger partial charge in [0.05, 0.1) is 25.4 Å². The van der Waals surface area contributed by atoms with E-state index in [1.54, 1.807) is 0 Å². The van der Waals surface area contributed by atoms with Crippen molar-refractivity contribution in [1.29, 1.82) is 0 Å². The normalized spacial score (nSPS) is 28.0. The summed E-state index contributed by atoms with van der Waals surface area (Å²) >= 11 is 0. The van der Waals surface area contributed by atoms with E-state index in [4.69, 9.17) is 9.47 Å². The molecule has 1 aliphatic heterocycles. The van der Waals surface area contributed by atoms with Crippen molar-refractivity contribution in [1.82, 2.24) is 5.32 Å². The van der Waals surface area contributed by atoms with Crippen LogP contribution in [0.2, 0.25) is 0 Å². The van der Waals surface area contributed by atoms with Crippen molar-refractivity contribution in [2.75, 3.05) is 13.2 Å². The third kappa shape index (κ3) is 3.93. The van der Waals surface area contributed by atoms with Crippen LogP contribution in [0.4, 0.5) is 0 Å². The minimum absolute atomic E-state index is 0.00522. The number of amides is 1. The average Bonchev–Trinajstić information content (AvgIpc) is 2.54. The first-order chi connectivity index (χ1) is 10.9. The Morgan fingerprint density at radius 1 is 1.04 bits per heavy atom. The van der Waals surface area contributed by atoms with Gasteiger partial charge in [0.15, 0.2) is 0 Å². The van der Waals surface area contributed by atoms with Crippen LogP contribution in [-0.2, 0) is 14.9 Å². The summed E-state index contributed by atoms with van der Waals surface area (Å²) < 4.78 is 11.5. The summed E-state index contributed by atoms with van der Waals surface area (Å²) in [6.07, 6.45) is 3.10. The maximum atomic E-state index is 12.5. The average molecular weight is 317 g/mol. The van der Waals surface area contributed by atoms with Gasteiger partial charge in [0.2, 0.25) is 0 Å². The zero-order valence-corrected chi connectivity index (χ0v) is 14.3. The molecule has 1 heterocycles. The topological polar surface area (TPSA) is 47.6 Å². The first-order valence-corrected chi connectivity index (χ1v) is 8.58. The van der Waals surface area contributed by atoms with Crippen LogP contribution >= 0.6 is 0 Å². The minimum atomic E-state index is 0.00522. The molecule has 3 atom stereocenters. The summed E-state index contributed by atoms with van der Waals surface area (Å²) in [7, 11) is 0. The van der Waals surface area contributed by atoms with Gasteiger partial charge in [-0.05, 0) is 42.4 Å². The van der Waals surface area contributed by atoms with Gasteiger partial charge in [-0.2, -0.15) is 0 Å². The highest BCUT2D eigenvalue weighted by Gasteiger charge is 2.34. The van der Waals surface area contributed by atoms with Gasteiger partial charge < -0.3 is 14.8 Å². The predicted octanol–water partition coefficient (Wildman–Crippen LogP) is 3.05. The van der Waals surface area contributed by atoms with Crippen molar-refractivity contribution < 1.29 is 14.3 Å². The molecule has 1 saturated carbocycles. The van der Waals surface area contributed by atoms with E-state index in [1.165, 1.54) is 5.56 Å². The Labute approximate surface area is 138 Å². The quantitative estimate of drug-likeness (QED) is 0.912. The maximum Gasteiger partial charge on any atom is 0.251 e. The summed E-state index contributed by atoms with van der Waals surface area (Å²) in [6, 6.07) is 8.10. The molecule has 1 saturated heterocycles. The molecule has 1 aliphatic carbocycles. The highest BCUT2D eigenvalue weighted by molar-refractivity contribution is 5.94. The molecule has 0 radical (unpaired) electrons. The van der Waals surface area contributed by atoms with Crippen LogP contribution in [0.25, 0.3) is 0 Å². The fourth-order valence-electron chi connectivity index (χ4n) is 3.39. The first-order valence-electron chi connectivity index (χ1n) is 8.58. The molecule has 126 valence electrons. The highest BCUT2D eigenvalue weighted by atomic mass is 16.6. The molecule has 1 aromatic rings. The Bertz CT molecular complexity index is 547. The first kappa shape index (κ1) is 16.5. The second-order valence-electron chi connectivity index (χ2n) is 7.63. The molecule has 3 unspecified atom stereocenters. The zero-order valence-electron chi connectivity index (χ0n) is 14.3. The molecular weight excluding hydrogens is 290 g/mol. The van der Waals surface area contributed by atoms with Gasteiger partial charge in [-0.1, -0.05) is 32.9 Å². The molecule has 1 amide bonds. The van der Waals surface area contributed by atoms with Gasteiger partial charge in [-0.3, -0.25) is 4.79 Å². The highest BCUT2D eigenvalue weighted by Crippen LogP contribution is 2.27. The summed E-state index contributed by atoms with van der Waals surface area (Å²) in [5.74, 6) is 0.00522. The smallest absolute Gasteiger partial charge is 0.251 e. The van der Waals surface area contributed by atoms with E-state index in [-0.39, 0.29) is 29.6 Å². The summed E-state index contributed by atoms with van der Waals surface area (Å²) in [5.41, 5.74) is 2.06. The van der Waals surface area contributed by atoms with E-state index in [9.17, 15) is 4.79 Å². The monoisotopic (exact) mass is 317 g/mol. The van der Waals surface area contributed by atoms with Gasteiger partial charge in [0.1, 0.15) is 0 Å². The Balaban J connectivity index is 1.58. The van der Waals surface area contributed by atoms with Crippen molar-refractivity contribution in [3.8, 4) is 0 Å². The lowest BCUT2D eigenvalue weighted by Crippen LogP contribution is -2.49. The standard InChI is InChI=1S/C19H27NO3/c1-19(2,3)14-6-4-13(5-7-14)18(21)20-15-8-9-16-17(12-15)23-11-10-22-16/h4-7,15-17H,8-12H2,1-3H3,(H,20,21). The van der Waals surface area contributed by atoms with Gasteiger partial charge in [0.25, 0.3) is 5.91 Å². The van der Waals surface area contributed by atoms with E-state index in [2.05, 4.69) is 26.1 Å². The summed E-state index contributed by atoms with van der Waals surface area (Å²) in [5, 5.41) is 3.15. The van der Waals surface area contributed by atoms with Gasteiger partial charge in [0, 0.05) is 11.6 Å². The third-order valence-corrected chi connectivity index (χ3v) is 4.83. The molecule has 4 heteroatoms. The number of hydrogen-bond acceptors (Lipinski definition) is 3. The molecule has 3 rings (SSSR count).